The van der Waals surface area contributed by atoms with E-state index in [1.807, 2.05) is 0 Å². The Morgan fingerprint density at radius 3 is 3.12 bits per heavy atom. The Balaban J connectivity index is 2.04. The molecule has 2 rings (SSSR count). The van der Waals surface area contributed by atoms with Gasteiger partial charge in [-0.25, -0.2) is 4.98 Å². The van der Waals surface area contributed by atoms with Gasteiger partial charge in [-0.15, -0.1) is 0 Å². The summed E-state index contributed by atoms with van der Waals surface area (Å²) in [5.41, 5.74) is 0.451. The smallest absolute Gasteiger partial charge is 0.280 e. The molecule has 0 atom stereocenters. The van der Waals surface area contributed by atoms with Crippen molar-refractivity contribution in [2.45, 2.75) is 19.8 Å². The highest BCUT2D eigenvalue weighted by Gasteiger charge is 2.05. The Morgan fingerprint density at radius 2 is 2.35 bits per heavy atom. The number of hydrogen-bond donors (Lipinski definition) is 3. The maximum atomic E-state index is 11.5. The van der Waals surface area contributed by atoms with E-state index in [4.69, 9.17) is 0 Å². The highest BCUT2D eigenvalue weighted by Crippen LogP contribution is 2.03. The van der Waals surface area contributed by atoms with Crippen molar-refractivity contribution in [3.05, 3.63) is 16.7 Å². The van der Waals surface area contributed by atoms with E-state index >= 15 is 0 Å². The first-order valence-corrected chi connectivity index (χ1v) is 5.33. The van der Waals surface area contributed by atoms with Gasteiger partial charge in [-0.05, 0) is 13.3 Å². The van der Waals surface area contributed by atoms with Crippen LogP contribution in [0.1, 0.15) is 19.8 Å². The van der Waals surface area contributed by atoms with E-state index in [1.54, 1.807) is 6.92 Å². The number of nitrogens with zero attached hydrogens (tertiary/aromatic N) is 2. The van der Waals surface area contributed by atoms with Crippen molar-refractivity contribution in [2.75, 3.05) is 11.9 Å². The first-order valence-electron chi connectivity index (χ1n) is 5.33. The molecule has 0 saturated carbocycles. The zero-order chi connectivity index (χ0) is 12.3. The summed E-state index contributed by atoms with van der Waals surface area (Å²) in [4.78, 5) is 35.6. The van der Waals surface area contributed by atoms with Crippen molar-refractivity contribution in [3.8, 4) is 0 Å². The lowest BCUT2D eigenvalue weighted by atomic mass is 10.2. The van der Waals surface area contributed by atoms with Crippen molar-refractivity contribution in [1.82, 2.24) is 19.9 Å². The molecule has 17 heavy (non-hydrogen) atoms. The van der Waals surface area contributed by atoms with Crippen LogP contribution in [0.15, 0.2) is 11.1 Å². The minimum Gasteiger partial charge on any atom is -0.356 e. The zero-order valence-corrected chi connectivity index (χ0v) is 9.41. The number of Topliss-reactive ketones (excluding diaryl/α,β-unsaturated/α-hetero) is 1. The Morgan fingerprint density at radius 1 is 1.53 bits per heavy atom. The third kappa shape index (κ3) is 2.68. The largest absolute Gasteiger partial charge is 0.356 e. The lowest BCUT2D eigenvalue weighted by Crippen LogP contribution is -2.14. The summed E-state index contributed by atoms with van der Waals surface area (Å²) >= 11 is 0. The maximum Gasteiger partial charge on any atom is 0.280 e. The number of hydrogen-bond acceptors (Lipinski definition) is 5. The molecular weight excluding hydrogens is 222 g/mol. The number of rotatable bonds is 5. The fourth-order valence-electron chi connectivity index (χ4n) is 1.47. The van der Waals surface area contributed by atoms with Crippen molar-refractivity contribution >= 4 is 22.9 Å². The lowest BCUT2D eigenvalue weighted by molar-refractivity contribution is -0.117. The Labute approximate surface area is 96.7 Å². The van der Waals surface area contributed by atoms with E-state index in [9.17, 15) is 9.59 Å². The van der Waals surface area contributed by atoms with Crippen LogP contribution in [0, 0.1) is 0 Å². The third-order valence-electron chi connectivity index (χ3n) is 2.29. The zero-order valence-electron chi connectivity index (χ0n) is 9.41. The van der Waals surface area contributed by atoms with E-state index in [-0.39, 0.29) is 11.3 Å². The van der Waals surface area contributed by atoms with E-state index in [0.29, 0.717) is 36.5 Å². The van der Waals surface area contributed by atoms with E-state index < -0.39 is 0 Å². The van der Waals surface area contributed by atoms with Gasteiger partial charge in [0.2, 0.25) is 5.95 Å². The molecule has 0 amide bonds. The summed E-state index contributed by atoms with van der Waals surface area (Å²) in [6, 6.07) is 0. The Bertz CT molecular complexity index is 586. The number of carbonyl (C=O) groups excluding carboxylic acids is 1. The topological polar surface area (TPSA) is 104 Å². The molecule has 2 aromatic rings. The first-order chi connectivity index (χ1) is 8.16. The molecule has 90 valence electrons. The van der Waals surface area contributed by atoms with Gasteiger partial charge < -0.3 is 15.1 Å². The highest BCUT2D eigenvalue weighted by atomic mass is 16.1. The average Bonchev–Trinajstić information content (AvgIpc) is 2.72. The molecule has 0 spiro atoms. The van der Waals surface area contributed by atoms with Crippen LogP contribution >= 0.6 is 0 Å². The molecule has 3 N–H and O–H groups in total. The average molecular weight is 235 g/mol. The summed E-state index contributed by atoms with van der Waals surface area (Å²) in [6.45, 7) is 2.14. The molecule has 0 bridgehead atoms. The highest BCUT2D eigenvalue weighted by molar-refractivity contribution is 5.75. The van der Waals surface area contributed by atoms with Crippen LogP contribution < -0.4 is 10.9 Å². The van der Waals surface area contributed by atoms with Crippen molar-refractivity contribution in [2.24, 2.45) is 0 Å². The van der Waals surface area contributed by atoms with Gasteiger partial charge in [-0.3, -0.25) is 9.78 Å². The van der Waals surface area contributed by atoms with Crippen LogP contribution in [0.2, 0.25) is 0 Å². The summed E-state index contributed by atoms with van der Waals surface area (Å²) < 4.78 is 0. The number of fused-ring (bicyclic) bond motifs is 1. The Kier molecular flexibility index (Phi) is 3.17. The van der Waals surface area contributed by atoms with E-state index in [1.165, 1.54) is 6.33 Å². The quantitative estimate of drug-likeness (QED) is 0.652. The van der Waals surface area contributed by atoms with Gasteiger partial charge in [-0.1, -0.05) is 0 Å². The van der Waals surface area contributed by atoms with E-state index in [2.05, 4.69) is 25.3 Å². The first kappa shape index (κ1) is 11.3. The minimum atomic E-state index is -0.287. The van der Waals surface area contributed by atoms with Crippen LogP contribution in [0.25, 0.3) is 11.2 Å². The third-order valence-corrected chi connectivity index (χ3v) is 2.29. The van der Waals surface area contributed by atoms with Crippen molar-refractivity contribution in [1.29, 1.82) is 0 Å². The van der Waals surface area contributed by atoms with Gasteiger partial charge in [-0.2, -0.15) is 4.98 Å². The number of carbonyl (C=O) groups is 1. The number of ketones is 1. The van der Waals surface area contributed by atoms with Crippen LogP contribution in [0.3, 0.4) is 0 Å². The molecule has 7 heteroatoms. The molecule has 7 nitrogen and oxygen atoms in total. The molecule has 0 aliphatic rings. The molecule has 0 aliphatic heterocycles. The summed E-state index contributed by atoms with van der Waals surface area (Å²) in [5, 5.41) is 2.96. The van der Waals surface area contributed by atoms with E-state index in [0.717, 1.165) is 0 Å². The van der Waals surface area contributed by atoms with Crippen LogP contribution in [-0.4, -0.2) is 32.3 Å². The van der Waals surface area contributed by atoms with Crippen molar-refractivity contribution < 1.29 is 4.79 Å². The number of nitrogens with one attached hydrogen (secondary N) is 3. The van der Waals surface area contributed by atoms with Crippen molar-refractivity contribution in [3.63, 3.8) is 0 Å². The molecule has 0 aliphatic carbocycles. The maximum absolute atomic E-state index is 11.5. The predicted octanol–water partition coefficient (Wildman–Crippen LogP) is 0.427. The minimum absolute atomic E-state index is 0.150. The van der Waals surface area contributed by atoms with Gasteiger partial charge in [0.25, 0.3) is 5.56 Å². The number of aromatic nitrogens is 4. The second-order valence-corrected chi connectivity index (χ2v) is 3.75. The van der Waals surface area contributed by atoms with Gasteiger partial charge in [0.1, 0.15) is 5.78 Å². The molecule has 0 saturated heterocycles. The number of anilines is 1. The molecule has 2 aromatic heterocycles. The lowest BCUT2D eigenvalue weighted by Gasteiger charge is -2.03. The second kappa shape index (κ2) is 4.77. The molecule has 2 heterocycles. The standard InChI is InChI=1S/C10H13N5O2/c1-6(16)3-2-4-11-10-14-8-7(9(17)15-10)12-5-13-8/h5H,2-4H2,1H3,(H3,11,12,13,14,15,17). The van der Waals surface area contributed by atoms with Gasteiger partial charge in [0.05, 0.1) is 6.33 Å². The molecule has 0 unspecified atom stereocenters. The summed E-state index contributed by atoms with van der Waals surface area (Å²) in [6.07, 6.45) is 2.65. The second-order valence-electron chi connectivity index (χ2n) is 3.75. The van der Waals surface area contributed by atoms with Gasteiger partial charge in [0, 0.05) is 13.0 Å². The molecule has 0 aromatic carbocycles. The Hall–Kier alpha value is -2.18. The van der Waals surface area contributed by atoms with Crippen LogP contribution in [0.4, 0.5) is 5.95 Å². The van der Waals surface area contributed by atoms with Crippen LogP contribution in [-0.2, 0) is 4.79 Å². The number of H-pyrrole nitrogens is 2. The SMILES string of the molecule is CC(=O)CCCNc1nc2[nH]cnc2c(=O)[nH]1. The normalized spacial score (nSPS) is 10.6. The monoisotopic (exact) mass is 235 g/mol. The number of aromatic amines is 2. The summed E-state index contributed by atoms with van der Waals surface area (Å²) in [5.74, 6) is 0.535. The summed E-state index contributed by atoms with van der Waals surface area (Å²) in [7, 11) is 0. The predicted molar refractivity (Wildman–Crippen MR) is 62.9 cm³/mol. The fraction of sp³-hybridized carbons (Fsp3) is 0.400. The molecule has 0 radical (unpaired) electrons. The molecule has 0 fully saturated rings. The number of imidazole rings is 1. The van der Waals surface area contributed by atoms with Gasteiger partial charge in [0.15, 0.2) is 11.2 Å². The molecular formula is C10H13N5O2. The van der Waals surface area contributed by atoms with Gasteiger partial charge >= 0.3 is 0 Å². The van der Waals surface area contributed by atoms with Crippen LogP contribution in [0.5, 0.6) is 0 Å². The fourth-order valence-corrected chi connectivity index (χ4v) is 1.47.